The fourth-order valence-corrected chi connectivity index (χ4v) is 6.55. The number of carbonyl (C=O) groups excluding carboxylic acids is 1. The minimum Gasteiger partial charge on any atom is -0.316 e. The zero-order chi connectivity index (χ0) is 21.3. The molecule has 6 nitrogen and oxygen atoms in total. The lowest BCUT2D eigenvalue weighted by Crippen LogP contribution is -2.35. The Morgan fingerprint density at radius 2 is 1.77 bits per heavy atom. The summed E-state index contributed by atoms with van der Waals surface area (Å²) in [4.78, 5) is 18.0. The van der Waals surface area contributed by atoms with E-state index >= 15 is 0 Å². The summed E-state index contributed by atoms with van der Waals surface area (Å²) in [6, 6.07) is 12.2. The molecule has 0 atom stereocenters. The van der Waals surface area contributed by atoms with Gasteiger partial charge in [0.05, 0.1) is 15.1 Å². The number of aryl methyl sites for hydroxylation is 2. The van der Waals surface area contributed by atoms with Crippen molar-refractivity contribution in [2.24, 2.45) is 4.99 Å². The molecule has 0 bridgehead atoms. The Hall–Kier alpha value is -2.29. The molecule has 2 heterocycles. The summed E-state index contributed by atoms with van der Waals surface area (Å²) in [5.74, 6) is -0.372. The van der Waals surface area contributed by atoms with Gasteiger partial charge in [-0.15, -0.1) is 0 Å². The van der Waals surface area contributed by atoms with Gasteiger partial charge in [-0.1, -0.05) is 29.9 Å². The van der Waals surface area contributed by atoms with Crippen LogP contribution >= 0.6 is 11.3 Å². The minimum atomic E-state index is -3.51. The molecule has 1 amide bonds. The summed E-state index contributed by atoms with van der Waals surface area (Å²) in [5, 5.41) is 0. The predicted molar refractivity (Wildman–Crippen MR) is 119 cm³/mol. The average Bonchev–Trinajstić information content (AvgIpc) is 3.12. The van der Waals surface area contributed by atoms with Gasteiger partial charge in [0.25, 0.3) is 5.91 Å². The topological polar surface area (TPSA) is 71.7 Å². The Kier molecular flexibility index (Phi) is 5.90. The quantitative estimate of drug-likeness (QED) is 0.613. The Balaban J connectivity index is 1.65. The van der Waals surface area contributed by atoms with Crippen molar-refractivity contribution in [3.63, 3.8) is 0 Å². The molecule has 1 fully saturated rings. The SMILES string of the molecule is CCn1c(=NC(=O)c2ccc(S(=O)(=O)N3CCCCC3)cc2)sc2cccc(C)c21. The number of nitrogens with zero attached hydrogens (tertiary/aromatic N) is 3. The third-order valence-corrected chi connectivity index (χ3v) is 8.43. The van der Waals surface area contributed by atoms with Gasteiger partial charge >= 0.3 is 0 Å². The van der Waals surface area contributed by atoms with E-state index in [1.165, 1.54) is 27.8 Å². The Labute approximate surface area is 180 Å². The zero-order valence-electron chi connectivity index (χ0n) is 17.2. The van der Waals surface area contributed by atoms with E-state index in [4.69, 9.17) is 0 Å². The van der Waals surface area contributed by atoms with Crippen molar-refractivity contribution in [2.45, 2.75) is 44.6 Å². The van der Waals surface area contributed by atoms with Crippen LogP contribution in [0.1, 0.15) is 42.1 Å². The first kappa shape index (κ1) is 21.0. The fraction of sp³-hybridized carbons (Fsp3) is 0.364. The molecular weight excluding hydrogens is 418 g/mol. The Bertz CT molecular complexity index is 1250. The highest BCUT2D eigenvalue weighted by molar-refractivity contribution is 7.89. The standard InChI is InChI=1S/C22H25N3O3S2/c1-3-25-20-16(2)8-7-9-19(20)29-22(25)23-21(26)17-10-12-18(13-11-17)30(27,28)24-14-5-4-6-15-24/h7-13H,3-6,14-15H2,1-2H3. The first-order valence-electron chi connectivity index (χ1n) is 10.2. The number of rotatable bonds is 4. The lowest BCUT2D eigenvalue weighted by atomic mass is 10.2. The van der Waals surface area contributed by atoms with Crippen LogP contribution in [0.3, 0.4) is 0 Å². The predicted octanol–water partition coefficient (Wildman–Crippen LogP) is 3.95. The van der Waals surface area contributed by atoms with Gasteiger partial charge in [-0.25, -0.2) is 8.42 Å². The number of amides is 1. The van der Waals surface area contributed by atoms with Gasteiger partial charge in [-0.3, -0.25) is 4.79 Å². The lowest BCUT2D eigenvalue weighted by molar-refractivity contribution is 0.0997. The number of hydrogen-bond donors (Lipinski definition) is 0. The summed E-state index contributed by atoms with van der Waals surface area (Å²) in [7, 11) is -3.51. The molecule has 8 heteroatoms. The first-order chi connectivity index (χ1) is 14.4. The molecule has 2 aromatic carbocycles. The molecule has 0 unspecified atom stereocenters. The van der Waals surface area contributed by atoms with E-state index < -0.39 is 10.0 Å². The number of hydrogen-bond acceptors (Lipinski definition) is 4. The maximum atomic E-state index is 12.8. The molecule has 158 valence electrons. The Morgan fingerprint density at radius 1 is 1.07 bits per heavy atom. The number of piperidine rings is 1. The largest absolute Gasteiger partial charge is 0.316 e. The number of carbonyl (C=O) groups is 1. The van der Waals surface area contributed by atoms with Crippen LogP contribution in [0.2, 0.25) is 0 Å². The number of sulfonamides is 1. The van der Waals surface area contributed by atoms with Crippen LogP contribution < -0.4 is 4.80 Å². The van der Waals surface area contributed by atoms with Crippen LogP contribution in [0.15, 0.2) is 52.4 Å². The van der Waals surface area contributed by atoms with Crippen LogP contribution in [0.25, 0.3) is 10.2 Å². The summed E-state index contributed by atoms with van der Waals surface area (Å²) >= 11 is 1.48. The molecule has 4 rings (SSSR count). The molecule has 0 N–H and O–H groups in total. The smallest absolute Gasteiger partial charge is 0.279 e. The molecule has 1 aliphatic heterocycles. The van der Waals surface area contributed by atoms with Gasteiger partial charge in [-0.05, 0) is 62.6 Å². The molecule has 1 saturated heterocycles. The van der Waals surface area contributed by atoms with Crippen LogP contribution in [-0.4, -0.2) is 36.3 Å². The molecule has 0 radical (unpaired) electrons. The molecule has 1 aromatic heterocycles. The Morgan fingerprint density at radius 3 is 2.43 bits per heavy atom. The van der Waals surface area contributed by atoms with E-state index in [1.807, 2.05) is 36.6 Å². The van der Waals surface area contributed by atoms with Gasteiger partial charge in [0.15, 0.2) is 4.80 Å². The third kappa shape index (κ3) is 3.87. The zero-order valence-corrected chi connectivity index (χ0v) is 18.8. The van der Waals surface area contributed by atoms with Crippen molar-refractivity contribution < 1.29 is 13.2 Å². The highest BCUT2D eigenvalue weighted by atomic mass is 32.2. The fourth-order valence-electron chi connectivity index (χ4n) is 3.86. The highest BCUT2D eigenvalue weighted by Gasteiger charge is 2.25. The highest BCUT2D eigenvalue weighted by Crippen LogP contribution is 2.22. The summed E-state index contributed by atoms with van der Waals surface area (Å²) < 4.78 is 30.2. The van der Waals surface area contributed by atoms with Crippen molar-refractivity contribution in [3.8, 4) is 0 Å². The van der Waals surface area contributed by atoms with Gasteiger partial charge in [0, 0.05) is 25.2 Å². The van der Waals surface area contributed by atoms with Crippen LogP contribution in [0, 0.1) is 6.92 Å². The number of aromatic nitrogens is 1. The number of benzene rings is 2. The van der Waals surface area contributed by atoms with Gasteiger partial charge < -0.3 is 4.57 Å². The molecular formula is C22H25N3O3S2. The van der Waals surface area contributed by atoms with E-state index in [1.54, 1.807) is 12.1 Å². The van der Waals surface area contributed by atoms with E-state index in [0.29, 0.717) is 30.0 Å². The average molecular weight is 444 g/mol. The van der Waals surface area contributed by atoms with Crippen molar-refractivity contribution in [2.75, 3.05) is 13.1 Å². The van der Waals surface area contributed by atoms with Crippen LogP contribution in [0.5, 0.6) is 0 Å². The number of para-hydroxylation sites is 1. The summed E-state index contributed by atoms with van der Waals surface area (Å²) in [5.41, 5.74) is 2.62. The lowest BCUT2D eigenvalue weighted by Gasteiger charge is -2.25. The second-order valence-corrected chi connectivity index (χ2v) is 10.4. The van der Waals surface area contributed by atoms with Crippen LogP contribution in [0.4, 0.5) is 0 Å². The molecule has 0 aliphatic carbocycles. The monoisotopic (exact) mass is 443 g/mol. The normalized spacial score (nSPS) is 16.3. The number of thiazole rings is 1. The molecule has 3 aromatic rings. The third-order valence-electron chi connectivity index (χ3n) is 5.47. The molecule has 0 saturated carbocycles. The van der Waals surface area contributed by atoms with Gasteiger partial charge in [-0.2, -0.15) is 9.30 Å². The summed E-state index contributed by atoms with van der Waals surface area (Å²) in [6.07, 6.45) is 2.84. The van der Waals surface area contributed by atoms with E-state index in [0.717, 1.165) is 35.0 Å². The minimum absolute atomic E-state index is 0.224. The second kappa shape index (κ2) is 8.45. The van der Waals surface area contributed by atoms with E-state index in [-0.39, 0.29) is 10.8 Å². The van der Waals surface area contributed by atoms with Crippen molar-refractivity contribution in [1.82, 2.24) is 8.87 Å². The van der Waals surface area contributed by atoms with Crippen molar-refractivity contribution >= 4 is 37.5 Å². The first-order valence-corrected chi connectivity index (χ1v) is 12.5. The van der Waals surface area contributed by atoms with E-state index in [2.05, 4.69) is 4.99 Å². The molecule has 1 aliphatic rings. The van der Waals surface area contributed by atoms with E-state index in [9.17, 15) is 13.2 Å². The molecule has 30 heavy (non-hydrogen) atoms. The second-order valence-electron chi connectivity index (χ2n) is 7.46. The van der Waals surface area contributed by atoms with Crippen molar-refractivity contribution in [3.05, 3.63) is 58.4 Å². The van der Waals surface area contributed by atoms with Crippen molar-refractivity contribution in [1.29, 1.82) is 0 Å². The number of fused-ring (bicyclic) bond motifs is 1. The molecule has 0 spiro atoms. The van der Waals surface area contributed by atoms with Gasteiger partial charge in [0.2, 0.25) is 10.0 Å². The van der Waals surface area contributed by atoms with Gasteiger partial charge in [0.1, 0.15) is 0 Å². The van der Waals surface area contributed by atoms with Crippen LogP contribution in [-0.2, 0) is 16.6 Å². The summed E-state index contributed by atoms with van der Waals surface area (Å²) in [6.45, 7) is 5.90. The maximum Gasteiger partial charge on any atom is 0.279 e. The maximum absolute atomic E-state index is 12.8.